The van der Waals surface area contributed by atoms with Crippen LogP contribution in [-0.2, 0) is 9.47 Å². The highest BCUT2D eigenvalue weighted by Crippen LogP contribution is 2.36. The molecule has 0 aromatic heterocycles. The van der Waals surface area contributed by atoms with Gasteiger partial charge < -0.3 is 9.47 Å². The van der Waals surface area contributed by atoms with Crippen LogP contribution in [0.5, 0.6) is 0 Å². The molecule has 2 fully saturated rings. The van der Waals surface area contributed by atoms with Crippen molar-refractivity contribution >= 4 is 11.8 Å². The molecule has 1 aromatic carbocycles. The van der Waals surface area contributed by atoms with Crippen LogP contribution in [0.4, 0.5) is 10.5 Å². The van der Waals surface area contributed by atoms with Crippen molar-refractivity contribution < 1.29 is 14.3 Å². The molecule has 1 aromatic rings. The first-order chi connectivity index (χ1) is 11.2. The molecule has 0 radical (unpaired) electrons. The normalized spacial score (nSPS) is 27.6. The van der Waals surface area contributed by atoms with Gasteiger partial charge in [0.1, 0.15) is 6.10 Å². The van der Waals surface area contributed by atoms with Crippen molar-refractivity contribution in [3.8, 4) is 6.07 Å². The second-order valence-corrected chi connectivity index (χ2v) is 6.34. The van der Waals surface area contributed by atoms with Gasteiger partial charge in [0.05, 0.1) is 19.2 Å². The molecule has 1 heterocycles. The summed E-state index contributed by atoms with van der Waals surface area (Å²) < 4.78 is 10.3. The summed E-state index contributed by atoms with van der Waals surface area (Å²) in [7, 11) is 1.60. The van der Waals surface area contributed by atoms with Crippen molar-refractivity contribution in [1.82, 2.24) is 0 Å². The molecule has 122 valence electrons. The Hall–Kier alpha value is -2.06. The molecule has 5 nitrogen and oxygen atoms in total. The van der Waals surface area contributed by atoms with E-state index >= 15 is 0 Å². The Balaban J connectivity index is 1.64. The number of carbonyl (C=O) groups is 1. The topological polar surface area (TPSA) is 62.6 Å². The first kappa shape index (κ1) is 15.8. The average Bonchev–Trinajstić information content (AvgIpc) is 2.96. The fraction of sp³-hybridized carbons (Fsp3) is 0.556. The minimum atomic E-state index is -0.311. The predicted molar refractivity (Wildman–Crippen MR) is 86.2 cm³/mol. The van der Waals surface area contributed by atoms with E-state index < -0.39 is 0 Å². The summed E-state index contributed by atoms with van der Waals surface area (Å²) in [4.78, 5) is 13.6. The van der Waals surface area contributed by atoms with E-state index in [1.807, 2.05) is 12.1 Å². The molecule has 5 heteroatoms. The Bertz CT molecular complexity index is 585. The van der Waals surface area contributed by atoms with E-state index in [0.29, 0.717) is 19.1 Å². The van der Waals surface area contributed by atoms with Crippen LogP contribution in [0.15, 0.2) is 24.3 Å². The smallest absolute Gasteiger partial charge is 0.414 e. The predicted octanol–water partition coefficient (Wildman–Crippen LogP) is 3.46. The summed E-state index contributed by atoms with van der Waals surface area (Å²) in [5, 5.41) is 8.98. The van der Waals surface area contributed by atoms with Gasteiger partial charge in [0, 0.05) is 18.7 Å². The largest absolute Gasteiger partial charge is 0.441 e. The van der Waals surface area contributed by atoms with Gasteiger partial charge in [-0.05, 0) is 49.3 Å². The summed E-state index contributed by atoms with van der Waals surface area (Å²) in [6.45, 7) is 0.946. The standard InChI is InChI=1S/C18H22N2O3/c1-22-12-17-11-20(18(21)23-17)16-8-6-15(7-9-16)14-4-2-13(10-19)3-5-14/h6-9,13-14,17H,2-5,11-12H2,1H3/t13?,14?,17-/m1/s1. The summed E-state index contributed by atoms with van der Waals surface area (Å²) in [5.74, 6) is 0.753. The number of amides is 1. The van der Waals surface area contributed by atoms with Crippen molar-refractivity contribution in [2.45, 2.75) is 37.7 Å². The van der Waals surface area contributed by atoms with Crippen molar-refractivity contribution in [2.24, 2.45) is 5.92 Å². The number of hydrogen-bond donors (Lipinski definition) is 0. The van der Waals surface area contributed by atoms with Crippen molar-refractivity contribution in [2.75, 3.05) is 25.2 Å². The van der Waals surface area contributed by atoms with Crippen LogP contribution in [0, 0.1) is 17.2 Å². The number of rotatable bonds is 4. The van der Waals surface area contributed by atoms with Crippen LogP contribution >= 0.6 is 0 Å². The molecule has 0 unspecified atom stereocenters. The van der Waals surface area contributed by atoms with E-state index in [1.54, 1.807) is 12.0 Å². The van der Waals surface area contributed by atoms with Crippen LogP contribution in [0.1, 0.15) is 37.2 Å². The van der Waals surface area contributed by atoms with E-state index in [2.05, 4.69) is 18.2 Å². The average molecular weight is 314 g/mol. The number of anilines is 1. The number of carbonyl (C=O) groups excluding carboxylic acids is 1. The minimum Gasteiger partial charge on any atom is -0.441 e. The third kappa shape index (κ3) is 3.48. The lowest BCUT2D eigenvalue weighted by Crippen LogP contribution is -2.25. The summed E-state index contributed by atoms with van der Waals surface area (Å²) in [5.41, 5.74) is 2.16. The Morgan fingerprint density at radius 2 is 1.96 bits per heavy atom. The fourth-order valence-corrected chi connectivity index (χ4v) is 3.49. The quantitative estimate of drug-likeness (QED) is 0.854. The highest BCUT2D eigenvalue weighted by molar-refractivity contribution is 5.89. The van der Waals surface area contributed by atoms with Gasteiger partial charge in [0.25, 0.3) is 0 Å². The highest BCUT2D eigenvalue weighted by atomic mass is 16.6. The molecular weight excluding hydrogens is 292 g/mol. The Kier molecular flexibility index (Phi) is 4.82. The van der Waals surface area contributed by atoms with Crippen molar-refractivity contribution in [3.63, 3.8) is 0 Å². The zero-order valence-electron chi connectivity index (χ0n) is 13.4. The number of methoxy groups -OCH3 is 1. The monoisotopic (exact) mass is 314 g/mol. The molecule has 1 amide bonds. The van der Waals surface area contributed by atoms with E-state index in [0.717, 1.165) is 31.4 Å². The molecule has 1 saturated carbocycles. The summed E-state index contributed by atoms with van der Waals surface area (Å²) in [6, 6.07) is 10.6. The van der Waals surface area contributed by atoms with Gasteiger partial charge in [0.15, 0.2) is 0 Å². The van der Waals surface area contributed by atoms with Crippen molar-refractivity contribution in [1.29, 1.82) is 5.26 Å². The third-order valence-electron chi connectivity index (χ3n) is 4.81. The SMILES string of the molecule is COC[C@H]1CN(c2ccc(C3CCC(C#N)CC3)cc2)C(=O)O1. The second kappa shape index (κ2) is 7.01. The maximum atomic E-state index is 11.9. The summed E-state index contributed by atoms with van der Waals surface area (Å²) >= 11 is 0. The van der Waals surface area contributed by atoms with Crippen LogP contribution in [0.2, 0.25) is 0 Å². The highest BCUT2D eigenvalue weighted by Gasteiger charge is 2.32. The molecule has 1 aliphatic heterocycles. The molecule has 0 spiro atoms. The van der Waals surface area contributed by atoms with E-state index in [-0.39, 0.29) is 18.1 Å². The summed E-state index contributed by atoms with van der Waals surface area (Å²) in [6.07, 6.45) is 3.60. The molecule has 0 N–H and O–H groups in total. The zero-order chi connectivity index (χ0) is 16.2. The minimum absolute atomic E-state index is 0.201. The number of cyclic esters (lactones) is 1. The number of hydrogen-bond acceptors (Lipinski definition) is 4. The van der Waals surface area contributed by atoms with Gasteiger partial charge in [-0.3, -0.25) is 4.90 Å². The molecule has 0 bridgehead atoms. The lowest BCUT2D eigenvalue weighted by Gasteiger charge is -2.25. The maximum absolute atomic E-state index is 11.9. The Morgan fingerprint density at radius 3 is 2.57 bits per heavy atom. The zero-order valence-corrected chi connectivity index (χ0v) is 13.4. The van der Waals surface area contributed by atoms with E-state index in [1.165, 1.54) is 5.56 Å². The first-order valence-electron chi connectivity index (χ1n) is 8.18. The molecule has 2 aliphatic rings. The molecular formula is C18H22N2O3. The van der Waals surface area contributed by atoms with Gasteiger partial charge >= 0.3 is 6.09 Å². The third-order valence-corrected chi connectivity index (χ3v) is 4.81. The molecule has 1 saturated heterocycles. The van der Waals surface area contributed by atoms with Gasteiger partial charge in [-0.15, -0.1) is 0 Å². The first-order valence-corrected chi connectivity index (χ1v) is 8.18. The van der Waals surface area contributed by atoms with Crippen molar-refractivity contribution in [3.05, 3.63) is 29.8 Å². The molecule has 23 heavy (non-hydrogen) atoms. The number of benzene rings is 1. The van der Waals surface area contributed by atoms with Crippen LogP contribution in [0.3, 0.4) is 0 Å². The van der Waals surface area contributed by atoms with E-state index in [4.69, 9.17) is 14.7 Å². The van der Waals surface area contributed by atoms with E-state index in [9.17, 15) is 4.79 Å². The molecule has 1 aliphatic carbocycles. The fourth-order valence-electron chi connectivity index (χ4n) is 3.49. The van der Waals surface area contributed by atoms with Crippen LogP contribution < -0.4 is 4.90 Å². The van der Waals surface area contributed by atoms with Gasteiger partial charge in [-0.1, -0.05) is 12.1 Å². The molecule has 1 atom stereocenters. The lowest BCUT2D eigenvalue weighted by atomic mass is 9.79. The van der Waals surface area contributed by atoms with Crippen LogP contribution in [0.25, 0.3) is 0 Å². The van der Waals surface area contributed by atoms with Gasteiger partial charge in [-0.25, -0.2) is 4.79 Å². The Labute approximate surface area is 136 Å². The number of nitriles is 1. The van der Waals surface area contributed by atoms with Gasteiger partial charge in [-0.2, -0.15) is 5.26 Å². The Morgan fingerprint density at radius 1 is 1.26 bits per heavy atom. The van der Waals surface area contributed by atoms with Crippen LogP contribution in [-0.4, -0.2) is 32.5 Å². The lowest BCUT2D eigenvalue weighted by molar-refractivity contribution is 0.0718. The second-order valence-electron chi connectivity index (χ2n) is 6.34. The number of ether oxygens (including phenoxy) is 2. The molecule has 3 rings (SSSR count). The maximum Gasteiger partial charge on any atom is 0.414 e. The van der Waals surface area contributed by atoms with Gasteiger partial charge in [0.2, 0.25) is 0 Å². The number of nitrogens with zero attached hydrogens (tertiary/aromatic N) is 2.